The van der Waals surface area contributed by atoms with Crippen LogP contribution < -0.4 is 5.32 Å². The summed E-state index contributed by atoms with van der Waals surface area (Å²) in [5.74, 6) is -0.852. The lowest BCUT2D eigenvalue weighted by atomic mass is 10.2. The molecule has 3 heterocycles. The fourth-order valence-corrected chi connectivity index (χ4v) is 3.46. The van der Waals surface area contributed by atoms with Crippen LogP contribution in [0.1, 0.15) is 33.0 Å². The third-order valence-electron chi connectivity index (χ3n) is 4.98. The third kappa shape index (κ3) is 4.63. The predicted molar refractivity (Wildman–Crippen MR) is 101 cm³/mol. The molecule has 8 nitrogen and oxygen atoms in total. The number of carbonyl (C=O) groups excluding carboxylic acids is 2. The van der Waals surface area contributed by atoms with Gasteiger partial charge in [0.1, 0.15) is 11.5 Å². The number of amides is 2. The highest BCUT2D eigenvalue weighted by Gasteiger charge is 2.26. The molecule has 0 radical (unpaired) electrons. The van der Waals surface area contributed by atoms with Crippen molar-refractivity contribution in [2.75, 3.05) is 32.9 Å². The standard InChI is InChI=1S/C20H23FN4O4/c21-15-4-2-14(3-5-15)12-24-6-1-7-25-18(20(24)27)10-17(23-25)19(26)22-11-16-13-28-8-9-29-16/h2-5,10,16H,1,6-9,11-13H2,(H,22,26). The summed E-state index contributed by atoms with van der Waals surface area (Å²) in [6.45, 7) is 3.34. The molecule has 0 aliphatic carbocycles. The molecule has 2 aliphatic heterocycles. The summed E-state index contributed by atoms with van der Waals surface area (Å²) in [4.78, 5) is 27.1. The number of hydrogen-bond acceptors (Lipinski definition) is 5. The van der Waals surface area contributed by atoms with E-state index in [1.807, 2.05) is 0 Å². The van der Waals surface area contributed by atoms with Crippen molar-refractivity contribution in [2.24, 2.45) is 0 Å². The van der Waals surface area contributed by atoms with Crippen molar-refractivity contribution >= 4 is 11.8 Å². The average molecular weight is 402 g/mol. The van der Waals surface area contributed by atoms with E-state index in [0.717, 1.165) is 12.0 Å². The molecule has 9 heteroatoms. The number of nitrogens with zero attached hydrogens (tertiary/aromatic N) is 3. The van der Waals surface area contributed by atoms with Gasteiger partial charge in [-0.25, -0.2) is 4.39 Å². The average Bonchev–Trinajstić information content (AvgIpc) is 3.11. The monoisotopic (exact) mass is 402 g/mol. The Bertz CT molecular complexity index is 877. The summed E-state index contributed by atoms with van der Waals surface area (Å²) in [7, 11) is 0. The summed E-state index contributed by atoms with van der Waals surface area (Å²) < 4.78 is 25.5. The van der Waals surface area contributed by atoms with Gasteiger partial charge < -0.3 is 19.7 Å². The lowest BCUT2D eigenvalue weighted by Crippen LogP contribution is -2.39. The van der Waals surface area contributed by atoms with E-state index in [1.165, 1.54) is 18.2 Å². The summed E-state index contributed by atoms with van der Waals surface area (Å²) in [6, 6.07) is 7.62. The molecule has 1 aromatic heterocycles. The Balaban J connectivity index is 1.43. The van der Waals surface area contributed by atoms with Crippen LogP contribution >= 0.6 is 0 Å². The van der Waals surface area contributed by atoms with Crippen LogP contribution in [0.25, 0.3) is 0 Å². The first-order valence-electron chi connectivity index (χ1n) is 9.69. The van der Waals surface area contributed by atoms with Crippen LogP contribution in [0.3, 0.4) is 0 Å². The Kier molecular flexibility index (Phi) is 5.86. The lowest BCUT2D eigenvalue weighted by molar-refractivity contribution is -0.0855. The van der Waals surface area contributed by atoms with Gasteiger partial charge >= 0.3 is 0 Å². The van der Waals surface area contributed by atoms with Gasteiger partial charge in [-0.3, -0.25) is 14.3 Å². The Morgan fingerprint density at radius 2 is 2.07 bits per heavy atom. The van der Waals surface area contributed by atoms with Gasteiger partial charge in [-0.05, 0) is 24.1 Å². The highest BCUT2D eigenvalue weighted by atomic mass is 19.1. The van der Waals surface area contributed by atoms with E-state index in [2.05, 4.69) is 10.4 Å². The Labute approximate surface area is 167 Å². The highest BCUT2D eigenvalue weighted by Crippen LogP contribution is 2.17. The Morgan fingerprint density at radius 3 is 2.83 bits per heavy atom. The summed E-state index contributed by atoms with van der Waals surface area (Å²) in [5, 5.41) is 7.10. The molecule has 1 fully saturated rings. The summed E-state index contributed by atoms with van der Waals surface area (Å²) in [5.41, 5.74) is 1.43. The first kappa shape index (κ1) is 19.5. The highest BCUT2D eigenvalue weighted by molar-refractivity contribution is 5.98. The van der Waals surface area contributed by atoms with E-state index in [-0.39, 0.29) is 29.4 Å². The van der Waals surface area contributed by atoms with Crippen molar-refractivity contribution in [3.63, 3.8) is 0 Å². The zero-order valence-corrected chi connectivity index (χ0v) is 16.0. The normalized spacial score (nSPS) is 19.6. The van der Waals surface area contributed by atoms with Crippen LogP contribution in [0.2, 0.25) is 0 Å². The van der Waals surface area contributed by atoms with Crippen molar-refractivity contribution in [3.8, 4) is 0 Å². The maximum Gasteiger partial charge on any atom is 0.272 e. The molecule has 0 saturated carbocycles. The molecule has 0 spiro atoms. The molecule has 2 aliphatic rings. The van der Waals surface area contributed by atoms with E-state index in [9.17, 15) is 14.0 Å². The molecule has 1 saturated heterocycles. The summed E-state index contributed by atoms with van der Waals surface area (Å²) >= 11 is 0. The molecule has 4 rings (SSSR count). The second-order valence-electron chi connectivity index (χ2n) is 7.12. The van der Waals surface area contributed by atoms with Crippen LogP contribution in [0.4, 0.5) is 4.39 Å². The molecule has 1 unspecified atom stereocenters. The molecule has 2 aromatic rings. The van der Waals surface area contributed by atoms with Gasteiger partial charge in [-0.15, -0.1) is 0 Å². The van der Waals surface area contributed by atoms with Gasteiger partial charge in [0.15, 0.2) is 5.69 Å². The number of ether oxygens (including phenoxy) is 2. The minimum Gasteiger partial charge on any atom is -0.376 e. The van der Waals surface area contributed by atoms with Crippen LogP contribution in [-0.2, 0) is 22.6 Å². The van der Waals surface area contributed by atoms with Crippen LogP contribution in [0.15, 0.2) is 30.3 Å². The minimum absolute atomic E-state index is 0.180. The van der Waals surface area contributed by atoms with Crippen LogP contribution in [0, 0.1) is 5.82 Å². The number of benzene rings is 1. The van der Waals surface area contributed by atoms with E-state index >= 15 is 0 Å². The number of rotatable bonds is 5. The van der Waals surface area contributed by atoms with Gasteiger partial charge in [0, 0.05) is 32.2 Å². The van der Waals surface area contributed by atoms with Crippen molar-refractivity contribution in [1.82, 2.24) is 20.0 Å². The van der Waals surface area contributed by atoms with Crippen molar-refractivity contribution in [1.29, 1.82) is 0 Å². The molecule has 2 amide bonds. The van der Waals surface area contributed by atoms with Gasteiger partial charge in [0.2, 0.25) is 0 Å². The van der Waals surface area contributed by atoms with Gasteiger partial charge in [0.05, 0.1) is 25.9 Å². The van der Waals surface area contributed by atoms with E-state index in [4.69, 9.17) is 9.47 Å². The fraction of sp³-hybridized carbons (Fsp3) is 0.450. The van der Waals surface area contributed by atoms with Crippen molar-refractivity contribution in [3.05, 3.63) is 53.1 Å². The number of carbonyl (C=O) groups is 2. The number of hydrogen-bond donors (Lipinski definition) is 1. The molecule has 29 heavy (non-hydrogen) atoms. The zero-order chi connectivity index (χ0) is 20.2. The number of nitrogens with one attached hydrogen (secondary N) is 1. The third-order valence-corrected chi connectivity index (χ3v) is 4.98. The van der Waals surface area contributed by atoms with Crippen LogP contribution in [0.5, 0.6) is 0 Å². The zero-order valence-electron chi connectivity index (χ0n) is 16.0. The fourth-order valence-electron chi connectivity index (χ4n) is 3.46. The molecule has 1 atom stereocenters. The Hall–Kier alpha value is -2.78. The van der Waals surface area contributed by atoms with Gasteiger partial charge in [-0.2, -0.15) is 5.10 Å². The Morgan fingerprint density at radius 1 is 1.24 bits per heavy atom. The molecule has 154 valence electrons. The topological polar surface area (TPSA) is 85.7 Å². The predicted octanol–water partition coefficient (Wildman–Crippen LogP) is 1.21. The smallest absolute Gasteiger partial charge is 0.272 e. The van der Waals surface area contributed by atoms with Gasteiger partial charge in [-0.1, -0.05) is 12.1 Å². The molecule has 1 N–H and O–H groups in total. The molecular formula is C20H23FN4O4. The first-order valence-corrected chi connectivity index (χ1v) is 9.69. The quantitative estimate of drug-likeness (QED) is 0.813. The number of fused-ring (bicyclic) bond motifs is 1. The number of aromatic nitrogens is 2. The van der Waals surface area contributed by atoms with E-state index in [0.29, 0.717) is 51.7 Å². The van der Waals surface area contributed by atoms with Gasteiger partial charge in [0.25, 0.3) is 11.8 Å². The second kappa shape index (κ2) is 8.71. The minimum atomic E-state index is -0.349. The maximum atomic E-state index is 13.1. The molecule has 1 aromatic carbocycles. The maximum absolute atomic E-state index is 13.1. The van der Waals surface area contributed by atoms with Crippen molar-refractivity contribution < 1.29 is 23.5 Å². The first-order chi connectivity index (χ1) is 14.1. The number of aryl methyl sites for hydroxylation is 1. The SMILES string of the molecule is O=C(NCC1COCCO1)c1cc2n(n1)CCCN(Cc1ccc(F)cc1)C2=O. The molecule has 0 bridgehead atoms. The lowest BCUT2D eigenvalue weighted by Gasteiger charge is -2.22. The molecular weight excluding hydrogens is 379 g/mol. The van der Waals surface area contributed by atoms with E-state index in [1.54, 1.807) is 21.7 Å². The number of halogens is 1. The summed E-state index contributed by atoms with van der Waals surface area (Å²) in [6.07, 6.45) is 0.539. The van der Waals surface area contributed by atoms with E-state index < -0.39 is 0 Å². The van der Waals surface area contributed by atoms with Crippen LogP contribution in [-0.4, -0.2) is 65.5 Å². The second-order valence-corrected chi connectivity index (χ2v) is 7.12. The largest absolute Gasteiger partial charge is 0.376 e. The van der Waals surface area contributed by atoms with Crippen molar-refractivity contribution in [2.45, 2.75) is 25.6 Å².